The largest absolute Gasteiger partial charge is 0.330 e. The third-order valence-corrected chi connectivity index (χ3v) is 2.56. The second kappa shape index (κ2) is 6.39. The van der Waals surface area contributed by atoms with Gasteiger partial charge < -0.3 is 11.1 Å². The molecule has 1 aromatic carbocycles. The van der Waals surface area contributed by atoms with Crippen LogP contribution in [0.5, 0.6) is 0 Å². The fourth-order valence-electron chi connectivity index (χ4n) is 1.43. The lowest BCUT2D eigenvalue weighted by atomic mass is 10.0. The molecule has 0 saturated heterocycles. The van der Waals surface area contributed by atoms with Crippen molar-refractivity contribution in [1.82, 2.24) is 0 Å². The highest BCUT2D eigenvalue weighted by Crippen LogP contribution is 2.19. The summed E-state index contributed by atoms with van der Waals surface area (Å²) in [6, 6.07) is 1.02. The van der Waals surface area contributed by atoms with E-state index in [2.05, 4.69) is 5.32 Å². The normalized spacial score (nSPS) is 12.3. The topological polar surface area (TPSA) is 55.1 Å². The summed E-state index contributed by atoms with van der Waals surface area (Å²) in [5.41, 5.74) is 4.94. The Morgan fingerprint density at radius 3 is 2.50 bits per heavy atom. The van der Waals surface area contributed by atoms with Crippen LogP contribution in [0.2, 0.25) is 0 Å². The second-order valence-electron chi connectivity index (χ2n) is 4.07. The minimum atomic E-state index is -1.29. The van der Waals surface area contributed by atoms with E-state index in [1.807, 2.05) is 0 Å². The van der Waals surface area contributed by atoms with E-state index in [0.29, 0.717) is 31.5 Å². The highest BCUT2D eigenvalue weighted by atomic mass is 19.2. The minimum Gasteiger partial charge on any atom is -0.330 e. The van der Waals surface area contributed by atoms with Crippen LogP contribution >= 0.6 is 0 Å². The van der Waals surface area contributed by atoms with Crippen molar-refractivity contribution in [2.75, 3.05) is 11.9 Å². The van der Waals surface area contributed by atoms with E-state index in [-0.39, 0.29) is 11.6 Å². The number of hydrogen-bond acceptors (Lipinski definition) is 2. The summed E-state index contributed by atoms with van der Waals surface area (Å²) in [6.45, 7) is 2.11. The van der Waals surface area contributed by atoms with Gasteiger partial charge >= 0.3 is 0 Å². The molecule has 100 valence electrons. The predicted molar refractivity (Wildman–Crippen MR) is 62.4 cm³/mol. The molecule has 1 unspecified atom stereocenters. The van der Waals surface area contributed by atoms with Gasteiger partial charge in [-0.3, -0.25) is 4.79 Å². The fourth-order valence-corrected chi connectivity index (χ4v) is 1.43. The highest BCUT2D eigenvalue weighted by molar-refractivity contribution is 5.92. The Hall–Kier alpha value is -1.56. The SMILES string of the molecule is CC(CCCN)C(=O)Nc1cc(F)c(F)cc1F. The average Bonchev–Trinajstić information content (AvgIpc) is 2.32. The van der Waals surface area contributed by atoms with Crippen molar-refractivity contribution in [3.8, 4) is 0 Å². The molecule has 0 aliphatic rings. The van der Waals surface area contributed by atoms with Crippen LogP contribution in [0, 0.1) is 23.4 Å². The minimum absolute atomic E-state index is 0.363. The number of carbonyl (C=O) groups excluding carboxylic acids is 1. The lowest BCUT2D eigenvalue weighted by molar-refractivity contribution is -0.119. The molecule has 0 aliphatic carbocycles. The maximum absolute atomic E-state index is 13.3. The number of hydrogen-bond donors (Lipinski definition) is 2. The Balaban J connectivity index is 2.72. The molecule has 0 saturated carbocycles. The summed E-state index contributed by atoms with van der Waals surface area (Å²) in [5.74, 6) is -4.33. The molecular weight excluding hydrogens is 245 g/mol. The smallest absolute Gasteiger partial charge is 0.227 e. The first-order chi connectivity index (χ1) is 8.45. The molecule has 1 aromatic rings. The zero-order valence-electron chi connectivity index (χ0n) is 9.97. The van der Waals surface area contributed by atoms with Gasteiger partial charge in [-0.15, -0.1) is 0 Å². The van der Waals surface area contributed by atoms with E-state index < -0.39 is 23.4 Å². The molecule has 0 aromatic heterocycles. The molecule has 0 heterocycles. The standard InChI is InChI=1S/C12H15F3N2O/c1-7(3-2-4-16)12(18)17-11-6-9(14)8(13)5-10(11)15/h5-7H,2-4,16H2,1H3,(H,17,18). The lowest BCUT2D eigenvalue weighted by Gasteiger charge is -2.12. The van der Waals surface area contributed by atoms with Gasteiger partial charge in [0.25, 0.3) is 0 Å². The lowest BCUT2D eigenvalue weighted by Crippen LogP contribution is -2.22. The summed E-state index contributed by atoms with van der Waals surface area (Å²) in [6.07, 6.45) is 1.21. The van der Waals surface area contributed by atoms with E-state index in [1.165, 1.54) is 0 Å². The zero-order chi connectivity index (χ0) is 13.7. The predicted octanol–water partition coefficient (Wildman–Crippen LogP) is 2.42. The van der Waals surface area contributed by atoms with Crippen molar-refractivity contribution in [2.24, 2.45) is 11.7 Å². The van der Waals surface area contributed by atoms with Gasteiger partial charge in [-0.1, -0.05) is 6.92 Å². The van der Waals surface area contributed by atoms with Crippen LogP contribution in [0.4, 0.5) is 18.9 Å². The number of halogens is 3. The molecule has 3 nitrogen and oxygen atoms in total. The number of carbonyl (C=O) groups is 1. The number of nitrogens with one attached hydrogen (secondary N) is 1. The van der Waals surface area contributed by atoms with Crippen molar-refractivity contribution in [2.45, 2.75) is 19.8 Å². The quantitative estimate of drug-likeness (QED) is 0.799. The molecule has 1 atom stereocenters. The Bertz CT molecular complexity index is 438. The van der Waals surface area contributed by atoms with Crippen molar-refractivity contribution in [1.29, 1.82) is 0 Å². The van der Waals surface area contributed by atoms with E-state index >= 15 is 0 Å². The monoisotopic (exact) mass is 260 g/mol. The van der Waals surface area contributed by atoms with Gasteiger partial charge in [0, 0.05) is 18.1 Å². The molecule has 0 spiro atoms. The molecular formula is C12H15F3N2O. The molecule has 0 radical (unpaired) electrons. The van der Waals surface area contributed by atoms with Crippen LogP contribution in [0.1, 0.15) is 19.8 Å². The van der Waals surface area contributed by atoms with Crippen LogP contribution in [0.3, 0.4) is 0 Å². The average molecular weight is 260 g/mol. The Morgan fingerprint density at radius 2 is 1.89 bits per heavy atom. The van der Waals surface area contributed by atoms with Gasteiger partial charge in [0.2, 0.25) is 5.91 Å². The molecule has 0 aliphatic heterocycles. The van der Waals surface area contributed by atoms with Crippen LogP contribution in [-0.4, -0.2) is 12.5 Å². The molecule has 1 rings (SSSR count). The van der Waals surface area contributed by atoms with E-state index in [0.717, 1.165) is 0 Å². The summed E-state index contributed by atoms with van der Waals surface area (Å²) in [4.78, 5) is 11.6. The maximum atomic E-state index is 13.3. The summed E-state index contributed by atoms with van der Waals surface area (Å²) in [7, 11) is 0. The molecule has 0 bridgehead atoms. The molecule has 6 heteroatoms. The molecule has 0 fully saturated rings. The van der Waals surface area contributed by atoms with Crippen LogP contribution in [-0.2, 0) is 4.79 Å². The highest BCUT2D eigenvalue weighted by Gasteiger charge is 2.16. The van der Waals surface area contributed by atoms with E-state index in [4.69, 9.17) is 5.73 Å². The van der Waals surface area contributed by atoms with Gasteiger partial charge in [-0.25, -0.2) is 13.2 Å². The van der Waals surface area contributed by atoms with E-state index in [1.54, 1.807) is 6.92 Å². The van der Waals surface area contributed by atoms with Gasteiger partial charge in [-0.2, -0.15) is 0 Å². The molecule has 3 N–H and O–H groups in total. The first kappa shape index (κ1) is 14.5. The van der Waals surface area contributed by atoms with Crippen LogP contribution in [0.15, 0.2) is 12.1 Å². The maximum Gasteiger partial charge on any atom is 0.227 e. The molecule has 1 amide bonds. The number of benzene rings is 1. The molecule has 18 heavy (non-hydrogen) atoms. The number of anilines is 1. The Morgan fingerprint density at radius 1 is 1.28 bits per heavy atom. The fraction of sp³-hybridized carbons (Fsp3) is 0.417. The number of rotatable bonds is 5. The zero-order valence-corrected chi connectivity index (χ0v) is 9.97. The van der Waals surface area contributed by atoms with Crippen molar-refractivity contribution in [3.63, 3.8) is 0 Å². The Labute approximate surface area is 103 Å². The number of amides is 1. The van der Waals surface area contributed by atoms with Gasteiger partial charge in [-0.05, 0) is 19.4 Å². The third-order valence-electron chi connectivity index (χ3n) is 2.56. The first-order valence-electron chi connectivity index (χ1n) is 5.61. The second-order valence-corrected chi connectivity index (χ2v) is 4.07. The van der Waals surface area contributed by atoms with Gasteiger partial charge in [0.1, 0.15) is 5.82 Å². The summed E-state index contributed by atoms with van der Waals surface area (Å²) < 4.78 is 38.8. The first-order valence-corrected chi connectivity index (χ1v) is 5.61. The third kappa shape index (κ3) is 3.73. The Kier molecular flexibility index (Phi) is 5.15. The number of nitrogens with two attached hydrogens (primary N) is 1. The van der Waals surface area contributed by atoms with Crippen molar-refractivity contribution >= 4 is 11.6 Å². The van der Waals surface area contributed by atoms with Crippen LogP contribution in [0.25, 0.3) is 0 Å². The summed E-state index contributed by atoms with van der Waals surface area (Å²) >= 11 is 0. The van der Waals surface area contributed by atoms with Gasteiger partial charge in [0.05, 0.1) is 5.69 Å². The van der Waals surface area contributed by atoms with Crippen molar-refractivity contribution in [3.05, 3.63) is 29.6 Å². The van der Waals surface area contributed by atoms with Gasteiger partial charge in [0.15, 0.2) is 11.6 Å². The van der Waals surface area contributed by atoms with Crippen molar-refractivity contribution < 1.29 is 18.0 Å². The van der Waals surface area contributed by atoms with Crippen LogP contribution < -0.4 is 11.1 Å². The summed E-state index contributed by atoms with van der Waals surface area (Å²) in [5, 5.41) is 2.23. The van der Waals surface area contributed by atoms with E-state index in [9.17, 15) is 18.0 Å².